The van der Waals surface area contributed by atoms with Crippen molar-refractivity contribution in [2.75, 3.05) is 36.0 Å². The molecule has 0 fully saturated rings. The van der Waals surface area contributed by atoms with Gasteiger partial charge in [0, 0.05) is 48.5 Å². The largest absolute Gasteiger partial charge is 0.457 e. The van der Waals surface area contributed by atoms with E-state index in [4.69, 9.17) is 15.7 Å². The topological polar surface area (TPSA) is 74.1 Å². The van der Waals surface area contributed by atoms with Crippen LogP contribution in [0.15, 0.2) is 80.6 Å². The van der Waals surface area contributed by atoms with Gasteiger partial charge < -0.3 is 19.0 Å². The SMILES string of the molecule is [C-]#[N+]C(C#N)=C1C=C(C=Cc2cc3c4c(c2)CCCN4CCC3)OC(C=Cc2cc3cc4c5c(c3oc2=O)C(C)(C)CCN5CCC4(C)C)=C1. The Morgan fingerprint density at radius 3 is 2.16 bits per heavy atom. The predicted octanol–water partition coefficient (Wildman–Crippen LogP) is 8.88. The molecule has 0 saturated heterocycles. The summed E-state index contributed by atoms with van der Waals surface area (Å²) in [7, 11) is 0. The van der Waals surface area contributed by atoms with Crippen molar-refractivity contribution in [1.82, 2.24) is 0 Å². The first-order valence-electron chi connectivity index (χ1n) is 17.9. The number of hydrogen-bond acceptors (Lipinski definition) is 6. The van der Waals surface area contributed by atoms with Gasteiger partial charge in [-0.25, -0.2) is 14.9 Å². The Morgan fingerprint density at radius 1 is 0.860 bits per heavy atom. The average molecular weight is 663 g/mol. The molecule has 8 rings (SSSR count). The number of rotatable bonds is 4. The fourth-order valence-electron chi connectivity index (χ4n) is 8.56. The summed E-state index contributed by atoms with van der Waals surface area (Å²) in [5, 5.41) is 10.6. The highest BCUT2D eigenvalue weighted by molar-refractivity contribution is 5.91. The molecule has 50 heavy (non-hydrogen) atoms. The molecule has 1 aromatic heterocycles. The van der Waals surface area contributed by atoms with Gasteiger partial charge in [-0.2, -0.15) is 0 Å². The first-order chi connectivity index (χ1) is 24.0. The van der Waals surface area contributed by atoms with Gasteiger partial charge in [-0.3, -0.25) is 0 Å². The number of aryl methyl sites for hydroxylation is 2. The van der Waals surface area contributed by atoms with E-state index in [1.165, 1.54) is 40.9 Å². The fraction of sp³-hybridized carbons (Fsp3) is 0.372. The molecule has 0 amide bonds. The lowest BCUT2D eigenvalue weighted by atomic mass is 9.69. The third-order valence-electron chi connectivity index (χ3n) is 11.3. The zero-order chi connectivity index (χ0) is 34.8. The summed E-state index contributed by atoms with van der Waals surface area (Å²) in [6.07, 6.45) is 17.3. The Labute approximate surface area is 294 Å². The number of nitriles is 1. The van der Waals surface area contributed by atoms with Crippen LogP contribution >= 0.6 is 0 Å². The maximum atomic E-state index is 13.5. The van der Waals surface area contributed by atoms with Crippen molar-refractivity contribution in [3.05, 3.63) is 127 Å². The van der Waals surface area contributed by atoms with E-state index in [1.807, 2.05) is 24.3 Å². The molecular weight excluding hydrogens is 620 g/mol. The van der Waals surface area contributed by atoms with Crippen LogP contribution in [0.1, 0.15) is 86.8 Å². The van der Waals surface area contributed by atoms with Gasteiger partial charge in [0.05, 0.1) is 18.2 Å². The van der Waals surface area contributed by atoms with E-state index in [0.29, 0.717) is 28.2 Å². The van der Waals surface area contributed by atoms with Crippen LogP contribution in [0.3, 0.4) is 0 Å². The second-order valence-electron chi connectivity index (χ2n) is 15.6. The molecule has 252 valence electrons. The molecule has 2 aromatic carbocycles. The number of ether oxygens (including phenoxy) is 1. The minimum absolute atomic E-state index is 0.00588. The second kappa shape index (κ2) is 12.0. The Hall–Kier alpha value is -5.27. The lowest BCUT2D eigenvalue weighted by Crippen LogP contribution is -2.44. The van der Waals surface area contributed by atoms with E-state index in [1.54, 1.807) is 24.3 Å². The maximum Gasteiger partial charge on any atom is 0.343 e. The molecule has 7 heteroatoms. The Bertz CT molecular complexity index is 2210. The van der Waals surface area contributed by atoms with Gasteiger partial charge in [-0.1, -0.05) is 33.8 Å². The molecule has 0 atom stereocenters. The van der Waals surface area contributed by atoms with Gasteiger partial charge in [-0.05, 0) is 132 Å². The molecule has 0 aliphatic carbocycles. The number of hydrogen-bond donors (Lipinski definition) is 0. The summed E-state index contributed by atoms with van der Waals surface area (Å²) in [6, 6.07) is 10.7. The molecule has 5 aliphatic rings. The molecule has 0 unspecified atom stereocenters. The van der Waals surface area contributed by atoms with Crippen molar-refractivity contribution >= 4 is 34.5 Å². The summed E-state index contributed by atoms with van der Waals surface area (Å²) < 4.78 is 12.4. The smallest absolute Gasteiger partial charge is 0.343 e. The maximum absolute atomic E-state index is 13.5. The van der Waals surface area contributed by atoms with Crippen molar-refractivity contribution < 1.29 is 9.15 Å². The van der Waals surface area contributed by atoms with Crippen molar-refractivity contribution in [3.8, 4) is 6.07 Å². The van der Waals surface area contributed by atoms with Crippen molar-refractivity contribution in [2.24, 2.45) is 0 Å². The standard InChI is InChI=1S/C43H42N4O3/c1-42(2)14-18-47-19-15-43(3,4)37-39(47)35(42)25-32-22-30(41(48)50-40(32)37)11-13-34-24-31(36(26-44)45-5)23-33(49-34)12-10-27-20-28-8-6-16-46-17-7-9-29(21-27)38(28)46/h10-13,20-25H,6-9,14-19H2,1-4H3. The highest BCUT2D eigenvalue weighted by atomic mass is 16.5. The minimum Gasteiger partial charge on any atom is -0.457 e. The monoisotopic (exact) mass is 662 g/mol. The van der Waals surface area contributed by atoms with Gasteiger partial charge in [-0.15, -0.1) is 0 Å². The van der Waals surface area contributed by atoms with Crippen molar-refractivity contribution in [3.63, 3.8) is 0 Å². The quantitative estimate of drug-likeness (QED) is 0.158. The first-order valence-corrected chi connectivity index (χ1v) is 17.9. The molecule has 0 N–H and O–H groups in total. The summed E-state index contributed by atoms with van der Waals surface area (Å²) in [6.45, 7) is 21.0. The second-order valence-corrected chi connectivity index (χ2v) is 15.6. The Kier molecular flexibility index (Phi) is 7.64. The summed E-state index contributed by atoms with van der Waals surface area (Å²) in [5.41, 5.74) is 10.0. The van der Waals surface area contributed by atoms with E-state index in [-0.39, 0.29) is 16.5 Å². The third-order valence-corrected chi connectivity index (χ3v) is 11.3. The number of anilines is 2. The number of fused-ring (bicyclic) bond motifs is 2. The lowest BCUT2D eigenvalue weighted by Gasteiger charge is -2.48. The lowest BCUT2D eigenvalue weighted by molar-refractivity contribution is 0.332. The van der Waals surface area contributed by atoms with Crippen LogP contribution in [0.4, 0.5) is 11.4 Å². The summed E-state index contributed by atoms with van der Waals surface area (Å²) in [4.78, 5) is 22.0. The van der Waals surface area contributed by atoms with E-state index in [2.05, 4.69) is 60.5 Å². The van der Waals surface area contributed by atoms with E-state index in [0.717, 1.165) is 68.4 Å². The van der Waals surface area contributed by atoms with Gasteiger partial charge in [0.2, 0.25) is 0 Å². The van der Waals surface area contributed by atoms with Crippen LogP contribution in [0.2, 0.25) is 0 Å². The number of nitrogens with zero attached hydrogens (tertiary/aromatic N) is 4. The Balaban J connectivity index is 1.14. The minimum atomic E-state index is -0.412. The number of allylic oxidation sites excluding steroid dienone is 6. The molecule has 0 spiro atoms. The molecule has 0 bridgehead atoms. The number of benzene rings is 2. The first kappa shape index (κ1) is 32.0. The predicted molar refractivity (Wildman–Crippen MR) is 200 cm³/mol. The Morgan fingerprint density at radius 2 is 1.50 bits per heavy atom. The highest BCUT2D eigenvalue weighted by Crippen LogP contribution is 2.51. The van der Waals surface area contributed by atoms with Crippen LogP contribution in [0.25, 0.3) is 28.0 Å². The molecule has 5 aliphatic heterocycles. The van der Waals surface area contributed by atoms with Crippen LogP contribution < -0.4 is 15.4 Å². The van der Waals surface area contributed by atoms with Crippen LogP contribution in [0.5, 0.6) is 0 Å². The molecule has 0 radical (unpaired) electrons. The fourth-order valence-corrected chi connectivity index (χ4v) is 8.56. The van der Waals surface area contributed by atoms with Crippen LogP contribution in [0, 0.1) is 17.9 Å². The zero-order valence-electron chi connectivity index (χ0n) is 29.4. The van der Waals surface area contributed by atoms with Gasteiger partial charge in [0.1, 0.15) is 17.1 Å². The molecule has 0 saturated carbocycles. The molecule has 3 aromatic rings. The van der Waals surface area contributed by atoms with Crippen LogP contribution in [-0.2, 0) is 28.4 Å². The van der Waals surface area contributed by atoms with Gasteiger partial charge >= 0.3 is 5.63 Å². The summed E-state index contributed by atoms with van der Waals surface area (Å²) >= 11 is 0. The van der Waals surface area contributed by atoms with Crippen LogP contribution in [-0.4, -0.2) is 26.2 Å². The third kappa shape index (κ3) is 5.46. The average Bonchev–Trinajstić information content (AvgIpc) is 3.09. The molecule has 6 heterocycles. The van der Waals surface area contributed by atoms with Gasteiger partial charge in [0.25, 0.3) is 5.70 Å². The van der Waals surface area contributed by atoms with Gasteiger partial charge in [0.15, 0.2) is 0 Å². The normalized spacial score (nSPS) is 21.2. The summed E-state index contributed by atoms with van der Waals surface area (Å²) in [5.74, 6) is 0.935. The van der Waals surface area contributed by atoms with E-state index in [9.17, 15) is 10.1 Å². The molecule has 7 nitrogen and oxygen atoms in total. The highest BCUT2D eigenvalue weighted by Gasteiger charge is 2.42. The van der Waals surface area contributed by atoms with E-state index >= 15 is 0 Å². The zero-order valence-corrected chi connectivity index (χ0v) is 29.4. The van der Waals surface area contributed by atoms with Crippen molar-refractivity contribution in [1.29, 1.82) is 5.26 Å². The van der Waals surface area contributed by atoms with E-state index < -0.39 is 5.63 Å². The molecular formula is C43H42N4O3. The van der Waals surface area contributed by atoms with Crippen molar-refractivity contribution in [2.45, 2.75) is 77.0 Å².